The molecule has 1 aliphatic heterocycles. The molecule has 4 heteroatoms. The fourth-order valence-electron chi connectivity index (χ4n) is 4.64. The molecule has 1 N–H and O–H groups in total. The third-order valence-electron chi connectivity index (χ3n) is 5.20. The van der Waals surface area contributed by atoms with Crippen molar-refractivity contribution in [3.63, 3.8) is 0 Å². The molecule has 0 aromatic heterocycles. The van der Waals surface area contributed by atoms with Crippen molar-refractivity contribution in [3.8, 4) is 0 Å². The van der Waals surface area contributed by atoms with Crippen LogP contribution in [-0.2, 0) is 9.59 Å². The van der Waals surface area contributed by atoms with Crippen LogP contribution in [-0.4, -0.2) is 35.8 Å². The van der Waals surface area contributed by atoms with Crippen molar-refractivity contribution in [1.29, 1.82) is 0 Å². The highest BCUT2D eigenvalue weighted by atomic mass is 16.2. The van der Waals surface area contributed by atoms with E-state index in [-0.39, 0.29) is 11.9 Å². The molecule has 0 bridgehead atoms. The van der Waals surface area contributed by atoms with E-state index in [1.165, 1.54) is 19.3 Å². The summed E-state index contributed by atoms with van der Waals surface area (Å²) in [6, 6.07) is 0.246. The van der Waals surface area contributed by atoms with Gasteiger partial charge in [0.2, 0.25) is 11.8 Å². The van der Waals surface area contributed by atoms with E-state index in [1.807, 2.05) is 4.90 Å². The van der Waals surface area contributed by atoms with Crippen molar-refractivity contribution in [1.82, 2.24) is 10.2 Å². The summed E-state index contributed by atoms with van der Waals surface area (Å²) >= 11 is 0. The second-order valence-electron chi connectivity index (χ2n) is 8.34. The van der Waals surface area contributed by atoms with Crippen molar-refractivity contribution >= 4 is 11.8 Å². The number of nitrogens with one attached hydrogen (secondary N) is 1. The normalized spacial score (nSPS) is 29.2. The van der Waals surface area contributed by atoms with Gasteiger partial charge in [0.1, 0.15) is 0 Å². The van der Waals surface area contributed by atoms with Crippen molar-refractivity contribution in [2.75, 3.05) is 13.1 Å². The smallest absolute Gasteiger partial charge is 0.222 e. The highest BCUT2D eigenvalue weighted by Gasteiger charge is 2.34. The lowest BCUT2D eigenvalue weighted by Crippen LogP contribution is -2.46. The lowest BCUT2D eigenvalue weighted by molar-refractivity contribution is -0.134. The van der Waals surface area contributed by atoms with Gasteiger partial charge in [0.15, 0.2) is 0 Å². The Bertz CT molecular complexity index is 411. The van der Waals surface area contributed by atoms with Crippen LogP contribution in [0.25, 0.3) is 0 Å². The minimum atomic E-state index is 0.0307. The van der Waals surface area contributed by atoms with Crippen LogP contribution in [0.5, 0.6) is 0 Å². The minimum Gasteiger partial charge on any atom is -0.353 e. The summed E-state index contributed by atoms with van der Waals surface area (Å²) in [6.07, 6.45) is 6.12. The largest absolute Gasteiger partial charge is 0.353 e. The average Bonchev–Trinajstić information content (AvgIpc) is 2.36. The van der Waals surface area contributed by atoms with Gasteiger partial charge in [-0.3, -0.25) is 9.59 Å². The first-order chi connectivity index (χ1) is 10.2. The molecule has 1 aliphatic carbocycles. The zero-order valence-corrected chi connectivity index (χ0v) is 14.7. The third-order valence-corrected chi connectivity index (χ3v) is 5.20. The van der Waals surface area contributed by atoms with Gasteiger partial charge in [-0.2, -0.15) is 0 Å². The van der Waals surface area contributed by atoms with Crippen LogP contribution in [0.4, 0.5) is 0 Å². The second kappa shape index (κ2) is 7.01. The van der Waals surface area contributed by atoms with Gasteiger partial charge in [0, 0.05) is 32.5 Å². The van der Waals surface area contributed by atoms with Gasteiger partial charge in [-0.1, -0.05) is 20.8 Å². The summed E-state index contributed by atoms with van der Waals surface area (Å²) in [5.41, 5.74) is 0.376. The summed E-state index contributed by atoms with van der Waals surface area (Å²) in [4.78, 5) is 25.6. The first-order valence-electron chi connectivity index (χ1n) is 8.80. The van der Waals surface area contributed by atoms with E-state index in [4.69, 9.17) is 0 Å². The van der Waals surface area contributed by atoms with Crippen LogP contribution >= 0.6 is 0 Å². The predicted octanol–water partition coefficient (Wildman–Crippen LogP) is 2.97. The molecule has 2 fully saturated rings. The number of piperidine rings is 1. The van der Waals surface area contributed by atoms with E-state index >= 15 is 0 Å². The molecule has 1 saturated heterocycles. The Morgan fingerprint density at radius 2 is 1.82 bits per heavy atom. The van der Waals surface area contributed by atoms with Crippen LogP contribution in [0.1, 0.15) is 66.2 Å². The molecule has 4 nitrogen and oxygen atoms in total. The van der Waals surface area contributed by atoms with E-state index in [0.717, 1.165) is 31.8 Å². The number of amides is 2. The van der Waals surface area contributed by atoms with Gasteiger partial charge >= 0.3 is 0 Å². The third kappa shape index (κ3) is 4.99. The van der Waals surface area contributed by atoms with Crippen molar-refractivity contribution in [3.05, 3.63) is 0 Å². The molecule has 2 rings (SSSR count). The number of rotatable bonds is 3. The van der Waals surface area contributed by atoms with Gasteiger partial charge in [-0.15, -0.1) is 0 Å². The van der Waals surface area contributed by atoms with E-state index in [0.29, 0.717) is 23.7 Å². The fraction of sp³-hybridized carbons (Fsp3) is 0.889. The molecule has 0 radical (unpaired) electrons. The highest BCUT2D eigenvalue weighted by molar-refractivity contribution is 5.76. The Hall–Kier alpha value is -1.06. The highest BCUT2D eigenvalue weighted by Crippen LogP contribution is 2.43. The molecule has 22 heavy (non-hydrogen) atoms. The van der Waals surface area contributed by atoms with Gasteiger partial charge < -0.3 is 10.2 Å². The number of nitrogens with zero attached hydrogens (tertiary/aromatic N) is 1. The van der Waals surface area contributed by atoms with E-state index in [9.17, 15) is 9.59 Å². The number of likely N-dealkylation sites (tertiary alicyclic amines) is 1. The quantitative estimate of drug-likeness (QED) is 0.871. The molecule has 0 aromatic rings. The standard InChI is InChI=1S/C18H32N2O2/c1-13-9-15(12-18(3,4)11-13)10-17(22)20-7-5-16(6-8-20)19-14(2)21/h13,15-16H,5-12H2,1-4H3,(H,19,21)/t13-,15+/m0/s1. The predicted molar refractivity (Wildman–Crippen MR) is 88.3 cm³/mol. The molecular weight excluding hydrogens is 276 g/mol. The summed E-state index contributed by atoms with van der Waals surface area (Å²) in [5.74, 6) is 1.62. The molecule has 1 saturated carbocycles. The van der Waals surface area contributed by atoms with Gasteiger partial charge in [-0.05, 0) is 49.4 Å². The molecular formula is C18H32N2O2. The molecule has 2 amide bonds. The van der Waals surface area contributed by atoms with Crippen LogP contribution < -0.4 is 5.32 Å². The summed E-state index contributed by atoms with van der Waals surface area (Å²) in [5, 5.41) is 2.96. The molecule has 0 aromatic carbocycles. The minimum absolute atomic E-state index is 0.0307. The molecule has 0 spiro atoms. The first-order valence-corrected chi connectivity index (χ1v) is 8.80. The lowest BCUT2D eigenvalue weighted by Gasteiger charge is -2.40. The monoisotopic (exact) mass is 308 g/mol. The zero-order valence-electron chi connectivity index (χ0n) is 14.7. The van der Waals surface area contributed by atoms with Crippen LogP contribution in [0.2, 0.25) is 0 Å². The van der Waals surface area contributed by atoms with E-state index < -0.39 is 0 Å². The van der Waals surface area contributed by atoms with Gasteiger partial charge in [-0.25, -0.2) is 0 Å². The van der Waals surface area contributed by atoms with E-state index in [1.54, 1.807) is 6.92 Å². The molecule has 2 aliphatic rings. The van der Waals surface area contributed by atoms with Crippen molar-refractivity contribution in [2.24, 2.45) is 17.3 Å². The Morgan fingerprint density at radius 3 is 2.36 bits per heavy atom. The number of carbonyl (C=O) groups excluding carboxylic acids is 2. The van der Waals surface area contributed by atoms with E-state index in [2.05, 4.69) is 26.1 Å². The van der Waals surface area contributed by atoms with Crippen LogP contribution in [0, 0.1) is 17.3 Å². The number of hydrogen-bond acceptors (Lipinski definition) is 2. The van der Waals surface area contributed by atoms with Crippen molar-refractivity contribution in [2.45, 2.75) is 72.3 Å². The van der Waals surface area contributed by atoms with Gasteiger partial charge in [0.25, 0.3) is 0 Å². The average molecular weight is 308 g/mol. The summed E-state index contributed by atoms with van der Waals surface area (Å²) < 4.78 is 0. The zero-order chi connectivity index (χ0) is 16.3. The molecule has 1 heterocycles. The second-order valence-corrected chi connectivity index (χ2v) is 8.34. The number of hydrogen-bond donors (Lipinski definition) is 1. The van der Waals surface area contributed by atoms with Crippen LogP contribution in [0.15, 0.2) is 0 Å². The summed E-state index contributed by atoms with van der Waals surface area (Å²) in [6.45, 7) is 10.1. The summed E-state index contributed by atoms with van der Waals surface area (Å²) in [7, 11) is 0. The fourth-order valence-corrected chi connectivity index (χ4v) is 4.64. The Kier molecular flexibility index (Phi) is 5.51. The molecule has 126 valence electrons. The maximum atomic E-state index is 12.6. The Morgan fingerprint density at radius 1 is 1.18 bits per heavy atom. The van der Waals surface area contributed by atoms with Crippen molar-refractivity contribution < 1.29 is 9.59 Å². The molecule has 2 atom stereocenters. The van der Waals surface area contributed by atoms with Gasteiger partial charge in [0.05, 0.1) is 0 Å². The SMILES string of the molecule is CC(=O)NC1CCN(C(=O)C[C@H]2C[C@H](C)CC(C)(C)C2)CC1. The lowest BCUT2D eigenvalue weighted by atomic mass is 9.67. The maximum absolute atomic E-state index is 12.6. The number of carbonyl (C=O) groups is 2. The Balaban J connectivity index is 1.79. The topological polar surface area (TPSA) is 49.4 Å². The Labute approximate surface area is 135 Å². The first kappa shape index (κ1) is 17.3. The van der Waals surface area contributed by atoms with Crippen LogP contribution in [0.3, 0.4) is 0 Å². The molecule has 0 unspecified atom stereocenters. The maximum Gasteiger partial charge on any atom is 0.222 e.